The molecular formula is C20H26N2O3. The number of rotatable bonds is 10. The van der Waals surface area contributed by atoms with Crippen molar-refractivity contribution in [1.29, 1.82) is 0 Å². The first-order chi connectivity index (χ1) is 12.2. The van der Waals surface area contributed by atoms with E-state index in [4.69, 9.17) is 9.47 Å². The summed E-state index contributed by atoms with van der Waals surface area (Å²) < 4.78 is 10.9. The number of amides is 1. The van der Waals surface area contributed by atoms with Gasteiger partial charge >= 0.3 is 0 Å². The van der Waals surface area contributed by atoms with Gasteiger partial charge in [-0.1, -0.05) is 24.3 Å². The number of nitrogens with one attached hydrogen (secondary N) is 2. The summed E-state index contributed by atoms with van der Waals surface area (Å²) >= 11 is 0. The molecule has 0 fully saturated rings. The van der Waals surface area contributed by atoms with Crippen molar-refractivity contribution in [3.8, 4) is 11.5 Å². The summed E-state index contributed by atoms with van der Waals surface area (Å²) in [7, 11) is 0. The number of carbonyl (C=O) groups excluding carboxylic acids is 1. The summed E-state index contributed by atoms with van der Waals surface area (Å²) in [5.74, 6) is 1.48. The zero-order valence-electron chi connectivity index (χ0n) is 14.9. The molecule has 0 aliphatic heterocycles. The number of hydrogen-bond donors (Lipinski definition) is 2. The minimum absolute atomic E-state index is 0.0433. The molecule has 2 rings (SSSR count). The quantitative estimate of drug-likeness (QED) is 0.697. The molecular weight excluding hydrogens is 316 g/mol. The molecule has 5 nitrogen and oxygen atoms in total. The van der Waals surface area contributed by atoms with Gasteiger partial charge in [0.25, 0.3) is 5.91 Å². The van der Waals surface area contributed by atoms with Crippen LogP contribution < -0.4 is 20.1 Å². The lowest BCUT2D eigenvalue weighted by Gasteiger charge is -2.09. The van der Waals surface area contributed by atoms with E-state index in [0.29, 0.717) is 18.9 Å². The highest BCUT2D eigenvalue weighted by Gasteiger charge is 2.02. The van der Waals surface area contributed by atoms with Gasteiger partial charge in [0.05, 0.1) is 6.61 Å². The summed E-state index contributed by atoms with van der Waals surface area (Å²) in [5.41, 5.74) is 2.35. The van der Waals surface area contributed by atoms with Crippen LogP contribution in [0.15, 0.2) is 48.5 Å². The van der Waals surface area contributed by atoms with E-state index in [1.54, 1.807) is 0 Å². The van der Waals surface area contributed by atoms with Gasteiger partial charge in [-0.15, -0.1) is 0 Å². The summed E-state index contributed by atoms with van der Waals surface area (Å²) in [4.78, 5) is 11.4. The fraction of sp³-hybridized carbons (Fsp3) is 0.350. The van der Waals surface area contributed by atoms with Crippen LogP contribution in [0.1, 0.15) is 25.0 Å². The first kappa shape index (κ1) is 18.8. The van der Waals surface area contributed by atoms with Crippen LogP contribution in [-0.2, 0) is 17.9 Å². The van der Waals surface area contributed by atoms with E-state index in [9.17, 15) is 4.79 Å². The Morgan fingerprint density at radius 2 is 1.68 bits per heavy atom. The molecule has 134 valence electrons. The van der Waals surface area contributed by atoms with Crippen molar-refractivity contribution < 1.29 is 14.3 Å². The summed E-state index contributed by atoms with van der Waals surface area (Å²) in [5, 5.41) is 6.11. The van der Waals surface area contributed by atoms with Crippen molar-refractivity contribution in [1.82, 2.24) is 10.6 Å². The SMILES string of the molecule is CCNC(=O)COc1ccc(CNCc2cccc(OCC)c2)cc1. The average molecular weight is 342 g/mol. The maximum atomic E-state index is 11.4. The maximum Gasteiger partial charge on any atom is 0.257 e. The Bertz CT molecular complexity index is 656. The number of benzene rings is 2. The average Bonchev–Trinajstić information content (AvgIpc) is 2.62. The van der Waals surface area contributed by atoms with Crippen LogP contribution in [0.25, 0.3) is 0 Å². The number of likely N-dealkylation sites (N-methyl/N-ethyl adjacent to an activating group) is 1. The standard InChI is InChI=1S/C20H26N2O3/c1-3-22-20(23)15-25-18-10-8-16(9-11-18)13-21-14-17-6-5-7-19(12-17)24-4-2/h5-12,21H,3-4,13-15H2,1-2H3,(H,22,23). The number of ether oxygens (including phenoxy) is 2. The van der Waals surface area contributed by atoms with E-state index in [1.165, 1.54) is 5.56 Å². The molecule has 0 heterocycles. The lowest BCUT2D eigenvalue weighted by atomic mass is 10.2. The van der Waals surface area contributed by atoms with Gasteiger partial charge in [-0.25, -0.2) is 0 Å². The Balaban J connectivity index is 1.76. The predicted molar refractivity (Wildman–Crippen MR) is 98.8 cm³/mol. The van der Waals surface area contributed by atoms with Crippen LogP contribution in [-0.4, -0.2) is 25.7 Å². The second-order valence-corrected chi connectivity index (χ2v) is 5.57. The molecule has 5 heteroatoms. The van der Waals surface area contributed by atoms with E-state index in [2.05, 4.69) is 22.8 Å². The molecule has 0 aliphatic carbocycles. The molecule has 2 aromatic carbocycles. The molecule has 0 unspecified atom stereocenters. The Kier molecular flexibility index (Phi) is 7.79. The van der Waals surface area contributed by atoms with Gasteiger partial charge in [0.2, 0.25) is 0 Å². The predicted octanol–water partition coefficient (Wildman–Crippen LogP) is 2.89. The van der Waals surface area contributed by atoms with Crippen LogP contribution >= 0.6 is 0 Å². The molecule has 0 aromatic heterocycles. The van der Waals surface area contributed by atoms with Crippen LogP contribution in [0, 0.1) is 0 Å². The monoisotopic (exact) mass is 342 g/mol. The molecule has 0 saturated heterocycles. The second kappa shape index (κ2) is 10.4. The first-order valence-corrected chi connectivity index (χ1v) is 8.62. The maximum absolute atomic E-state index is 11.4. The van der Waals surface area contributed by atoms with Gasteiger partial charge in [-0.05, 0) is 49.2 Å². The zero-order chi connectivity index (χ0) is 17.9. The molecule has 0 radical (unpaired) electrons. The van der Waals surface area contributed by atoms with Crippen molar-refractivity contribution in [3.63, 3.8) is 0 Å². The number of carbonyl (C=O) groups is 1. The van der Waals surface area contributed by atoms with Crippen molar-refractivity contribution in [3.05, 3.63) is 59.7 Å². The van der Waals surface area contributed by atoms with Crippen LogP contribution in [0.4, 0.5) is 0 Å². The van der Waals surface area contributed by atoms with E-state index < -0.39 is 0 Å². The Hall–Kier alpha value is -2.53. The summed E-state index contributed by atoms with van der Waals surface area (Å²) in [6.45, 7) is 6.72. The molecule has 2 N–H and O–H groups in total. The van der Waals surface area contributed by atoms with E-state index in [0.717, 1.165) is 24.4 Å². The third-order valence-corrected chi connectivity index (χ3v) is 3.53. The Morgan fingerprint density at radius 3 is 2.40 bits per heavy atom. The van der Waals surface area contributed by atoms with Gasteiger partial charge in [-0.3, -0.25) is 4.79 Å². The highest BCUT2D eigenvalue weighted by atomic mass is 16.5. The van der Waals surface area contributed by atoms with Gasteiger partial charge in [-0.2, -0.15) is 0 Å². The lowest BCUT2D eigenvalue weighted by Crippen LogP contribution is -2.28. The zero-order valence-corrected chi connectivity index (χ0v) is 14.9. The highest BCUT2D eigenvalue weighted by molar-refractivity contribution is 5.77. The minimum Gasteiger partial charge on any atom is -0.494 e. The number of hydrogen-bond acceptors (Lipinski definition) is 4. The lowest BCUT2D eigenvalue weighted by molar-refractivity contribution is -0.122. The van der Waals surface area contributed by atoms with Crippen LogP contribution in [0.3, 0.4) is 0 Å². The van der Waals surface area contributed by atoms with Crippen molar-refractivity contribution in [2.75, 3.05) is 19.8 Å². The van der Waals surface area contributed by atoms with Gasteiger partial charge in [0.1, 0.15) is 11.5 Å². The van der Waals surface area contributed by atoms with Crippen molar-refractivity contribution >= 4 is 5.91 Å². The largest absolute Gasteiger partial charge is 0.494 e. The molecule has 1 amide bonds. The van der Waals surface area contributed by atoms with Gasteiger partial charge in [0.15, 0.2) is 6.61 Å². The Labute approximate surface area is 149 Å². The molecule has 0 spiro atoms. The van der Waals surface area contributed by atoms with Crippen LogP contribution in [0.2, 0.25) is 0 Å². The molecule has 2 aromatic rings. The molecule has 25 heavy (non-hydrogen) atoms. The van der Waals surface area contributed by atoms with Crippen LogP contribution in [0.5, 0.6) is 11.5 Å². The molecule has 0 aliphatic rings. The topological polar surface area (TPSA) is 59.6 Å². The fourth-order valence-corrected chi connectivity index (χ4v) is 2.36. The van der Waals surface area contributed by atoms with Crippen molar-refractivity contribution in [2.24, 2.45) is 0 Å². The van der Waals surface area contributed by atoms with E-state index in [1.807, 2.05) is 50.2 Å². The third-order valence-electron chi connectivity index (χ3n) is 3.53. The Morgan fingerprint density at radius 1 is 0.920 bits per heavy atom. The van der Waals surface area contributed by atoms with Gasteiger partial charge in [0, 0.05) is 19.6 Å². The summed E-state index contributed by atoms with van der Waals surface area (Å²) in [6, 6.07) is 15.9. The fourth-order valence-electron chi connectivity index (χ4n) is 2.36. The molecule has 0 atom stereocenters. The van der Waals surface area contributed by atoms with E-state index in [-0.39, 0.29) is 12.5 Å². The van der Waals surface area contributed by atoms with E-state index >= 15 is 0 Å². The first-order valence-electron chi connectivity index (χ1n) is 8.62. The normalized spacial score (nSPS) is 10.3. The summed E-state index contributed by atoms with van der Waals surface area (Å²) in [6.07, 6.45) is 0. The highest BCUT2D eigenvalue weighted by Crippen LogP contribution is 2.14. The molecule has 0 saturated carbocycles. The minimum atomic E-state index is -0.109. The van der Waals surface area contributed by atoms with Gasteiger partial charge < -0.3 is 20.1 Å². The smallest absolute Gasteiger partial charge is 0.257 e. The van der Waals surface area contributed by atoms with Crippen molar-refractivity contribution in [2.45, 2.75) is 26.9 Å². The molecule has 0 bridgehead atoms. The third kappa shape index (κ3) is 6.85. The second-order valence-electron chi connectivity index (χ2n) is 5.57.